The monoisotopic (exact) mass is 300 g/mol. The first kappa shape index (κ1) is 11.8. The topological polar surface area (TPSA) is 38.1 Å². The van der Waals surface area contributed by atoms with Crippen LogP contribution in [0, 0.1) is 6.92 Å². The number of nitrogens with one attached hydrogen (secondary N) is 1. The molecule has 2 aromatic rings. The summed E-state index contributed by atoms with van der Waals surface area (Å²) in [5.41, 5.74) is 0.918. The van der Waals surface area contributed by atoms with Gasteiger partial charge in [0.05, 0.1) is 12.2 Å². The minimum absolute atomic E-state index is 0.305. The van der Waals surface area contributed by atoms with Crippen LogP contribution in [0.15, 0.2) is 26.5 Å². The molecule has 0 bridgehead atoms. The number of hydrogen-bond donors (Lipinski definition) is 1. The molecule has 3 nitrogen and oxygen atoms in total. The smallest absolute Gasteiger partial charge is 0.150 e. The van der Waals surface area contributed by atoms with Crippen LogP contribution in [0.4, 0.5) is 0 Å². The van der Waals surface area contributed by atoms with Crippen molar-refractivity contribution in [1.29, 1.82) is 0 Å². The highest BCUT2D eigenvalue weighted by atomic mass is 79.9. The van der Waals surface area contributed by atoms with Crippen molar-refractivity contribution in [1.82, 2.24) is 10.5 Å². The maximum Gasteiger partial charge on any atom is 0.150 e. The Morgan fingerprint density at radius 3 is 3.00 bits per heavy atom. The highest BCUT2D eigenvalue weighted by molar-refractivity contribution is 9.10. The molecule has 0 aliphatic heterocycles. The number of rotatable bonds is 4. The van der Waals surface area contributed by atoms with Crippen LogP contribution in [0.3, 0.4) is 0 Å². The highest BCUT2D eigenvalue weighted by Crippen LogP contribution is 2.28. The third-order valence-corrected chi connectivity index (χ3v) is 4.35. The Kier molecular flexibility index (Phi) is 3.78. The standard InChI is InChI=1S/C11H13BrN2OS/c1-7-5-9(15-14-7)6-13-8(2)11-10(12)3-4-16-11/h3-5,8,13H,6H2,1-2H3. The molecule has 0 spiro atoms. The van der Waals surface area contributed by atoms with Crippen molar-refractivity contribution in [2.45, 2.75) is 26.4 Å². The van der Waals surface area contributed by atoms with Gasteiger partial charge >= 0.3 is 0 Å². The maximum absolute atomic E-state index is 5.14. The molecule has 0 radical (unpaired) electrons. The average molecular weight is 301 g/mol. The molecule has 0 amide bonds. The Balaban J connectivity index is 1.93. The lowest BCUT2D eigenvalue weighted by Crippen LogP contribution is -2.17. The van der Waals surface area contributed by atoms with E-state index in [1.165, 1.54) is 4.88 Å². The lowest BCUT2D eigenvalue weighted by Gasteiger charge is -2.11. The molecule has 0 fully saturated rings. The van der Waals surface area contributed by atoms with E-state index in [2.05, 4.69) is 44.8 Å². The van der Waals surface area contributed by atoms with Gasteiger partial charge < -0.3 is 9.84 Å². The fourth-order valence-corrected chi connectivity index (χ4v) is 3.21. The van der Waals surface area contributed by atoms with E-state index < -0.39 is 0 Å². The van der Waals surface area contributed by atoms with Gasteiger partial charge in [-0.1, -0.05) is 5.16 Å². The fraction of sp³-hybridized carbons (Fsp3) is 0.364. The Bertz CT molecular complexity index is 466. The highest BCUT2D eigenvalue weighted by Gasteiger charge is 2.11. The van der Waals surface area contributed by atoms with Gasteiger partial charge in [-0.05, 0) is 41.2 Å². The normalized spacial score (nSPS) is 12.9. The van der Waals surface area contributed by atoms with Crippen molar-refractivity contribution in [2.75, 3.05) is 0 Å². The first-order chi connectivity index (χ1) is 7.66. The van der Waals surface area contributed by atoms with Crippen molar-refractivity contribution in [2.24, 2.45) is 0 Å². The lowest BCUT2D eigenvalue weighted by molar-refractivity contribution is 0.363. The van der Waals surface area contributed by atoms with E-state index in [-0.39, 0.29) is 0 Å². The van der Waals surface area contributed by atoms with Crippen molar-refractivity contribution in [3.05, 3.63) is 38.3 Å². The summed E-state index contributed by atoms with van der Waals surface area (Å²) in [6, 6.07) is 4.32. The van der Waals surface area contributed by atoms with Crippen LogP contribution < -0.4 is 5.32 Å². The minimum Gasteiger partial charge on any atom is -0.360 e. The van der Waals surface area contributed by atoms with Crippen LogP contribution in [0.2, 0.25) is 0 Å². The number of thiophene rings is 1. The molecule has 2 aromatic heterocycles. The minimum atomic E-state index is 0.305. The van der Waals surface area contributed by atoms with Gasteiger partial charge in [-0.25, -0.2) is 0 Å². The van der Waals surface area contributed by atoms with Crippen molar-refractivity contribution in [3.63, 3.8) is 0 Å². The molecule has 0 saturated carbocycles. The van der Waals surface area contributed by atoms with E-state index in [1.807, 2.05) is 13.0 Å². The van der Waals surface area contributed by atoms with Gasteiger partial charge in [0.1, 0.15) is 0 Å². The summed E-state index contributed by atoms with van der Waals surface area (Å²) >= 11 is 5.27. The summed E-state index contributed by atoms with van der Waals surface area (Å²) in [7, 11) is 0. The predicted octanol–water partition coefficient (Wildman–Crippen LogP) is 3.66. The molecular weight excluding hydrogens is 288 g/mol. The van der Waals surface area contributed by atoms with E-state index in [0.717, 1.165) is 15.9 Å². The number of halogens is 1. The number of aryl methyl sites for hydroxylation is 1. The second kappa shape index (κ2) is 5.12. The van der Waals surface area contributed by atoms with Crippen molar-refractivity contribution in [3.8, 4) is 0 Å². The van der Waals surface area contributed by atoms with Gasteiger partial charge in [0.15, 0.2) is 5.76 Å². The van der Waals surface area contributed by atoms with Crippen LogP contribution in [0.25, 0.3) is 0 Å². The first-order valence-corrected chi connectivity index (χ1v) is 6.72. The predicted molar refractivity (Wildman–Crippen MR) is 68.5 cm³/mol. The molecule has 1 N–H and O–H groups in total. The fourth-order valence-electron chi connectivity index (χ4n) is 1.46. The summed E-state index contributed by atoms with van der Waals surface area (Å²) in [6.45, 7) is 4.76. The van der Waals surface area contributed by atoms with Gasteiger partial charge in [0.2, 0.25) is 0 Å². The summed E-state index contributed by atoms with van der Waals surface area (Å²) in [6.07, 6.45) is 0. The van der Waals surface area contributed by atoms with E-state index in [0.29, 0.717) is 12.6 Å². The van der Waals surface area contributed by atoms with E-state index in [1.54, 1.807) is 11.3 Å². The van der Waals surface area contributed by atoms with Gasteiger partial charge in [-0.2, -0.15) is 0 Å². The zero-order chi connectivity index (χ0) is 11.5. The summed E-state index contributed by atoms with van der Waals surface area (Å²) in [4.78, 5) is 1.30. The van der Waals surface area contributed by atoms with Gasteiger partial charge in [0.25, 0.3) is 0 Å². The van der Waals surface area contributed by atoms with Crippen molar-refractivity contribution < 1.29 is 4.52 Å². The van der Waals surface area contributed by atoms with Crippen LogP contribution >= 0.6 is 27.3 Å². The summed E-state index contributed by atoms with van der Waals surface area (Å²) < 4.78 is 6.30. The number of hydrogen-bond acceptors (Lipinski definition) is 4. The van der Waals surface area contributed by atoms with Crippen LogP contribution in [-0.4, -0.2) is 5.16 Å². The van der Waals surface area contributed by atoms with E-state index in [9.17, 15) is 0 Å². The molecule has 86 valence electrons. The number of aromatic nitrogens is 1. The zero-order valence-corrected chi connectivity index (χ0v) is 11.6. The molecule has 0 aliphatic rings. The molecule has 1 unspecified atom stereocenters. The molecule has 1 atom stereocenters. The summed E-state index contributed by atoms with van der Waals surface area (Å²) in [5, 5.41) is 9.33. The molecule has 16 heavy (non-hydrogen) atoms. The number of nitrogens with zero attached hydrogens (tertiary/aromatic N) is 1. The Labute approximate surface area is 107 Å². The van der Waals surface area contributed by atoms with E-state index >= 15 is 0 Å². The Morgan fingerprint density at radius 2 is 2.44 bits per heavy atom. The first-order valence-electron chi connectivity index (χ1n) is 5.05. The quantitative estimate of drug-likeness (QED) is 0.936. The zero-order valence-electron chi connectivity index (χ0n) is 9.16. The second-order valence-corrected chi connectivity index (χ2v) is 5.47. The second-order valence-electron chi connectivity index (χ2n) is 3.67. The van der Waals surface area contributed by atoms with Crippen molar-refractivity contribution >= 4 is 27.3 Å². The van der Waals surface area contributed by atoms with E-state index in [4.69, 9.17) is 4.52 Å². The molecule has 5 heteroatoms. The van der Waals surface area contributed by atoms with Crippen LogP contribution in [0.1, 0.15) is 29.3 Å². The lowest BCUT2D eigenvalue weighted by atomic mass is 10.2. The summed E-state index contributed by atoms with van der Waals surface area (Å²) in [5.74, 6) is 0.872. The SMILES string of the molecule is Cc1cc(CNC(C)c2sccc2Br)on1. The van der Waals surface area contributed by atoms with Crippen LogP contribution in [-0.2, 0) is 6.54 Å². The van der Waals surface area contributed by atoms with Gasteiger partial charge in [-0.3, -0.25) is 0 Å². The Morgan fingerprint density at radius 1 is 1.62 bits per heavy atom. The third kappa shape index (κ3) is 2.72. The molecule has 0 aliphatic carbocycles. The third-order valence-electron chi connectivity index (χ3n) is 2.30. The molecule has 2 heterocycles. The Hall–Kier alpha value is -0.650. The average Bonchev–Trinajstić information content (AvgIpc) is 2.84. The van der Waals surface area contributed by atoms with Gasteiger partial charge in [0, 0.05) is 21.5 Å². The van der Waals surface area contributed by atoms with Gasteiger partial charge in [-0.15, -0.1) is 11.3 Å². The molecule has 0 saturated heterocycles. The molecule has 2 rings (SSSR count). The molecular formula is C11H13BrN2OS. The van der Waals surface area contributed by atoms with Crippen LogP contribution in [0.5, 0.6) is 0 Å². The largest absolute Gasteiger partial charge is 0.360 e. The maximum atomic E-state index is 5.14. The molecule has 0 aromatic carbocycles.